The summed E-state index contributed by atoms with van der Waals surface area (Å²) in [5, 5.41) is 9.05. The van der Waals surface area contributed by atoms with Crippen LogP contribution in [0.25, 0.3) is 0 Å². The van der Waals surface area contributed by atoms with E-state index in [0.717, 1.165) is 37.9 Å². The van der Waals surface area contributed by atoms with Crippen molar-refractivity contribution in [3.05, 3.63) is 22.4 Å². The van der Waals surface area contributed by atoms with Crippen molar-refractivity contribution < 1.29 is 0 Å². The van der Waals surface area contributed by atoms with Gasteiger partial charge >= 0.3 is 0 Å². The summed E-state index contributed by atoms with van der Waals surface area (Å²) in [4.78, 5) is 8.67. The molecule has 1 atom stereocenters. The van der Waals surface area contributed by atoms with Gasteiger partial charge in [-0.05, 0) is 76.0 Å². The molecule has 1 aliphatic rings. The lowest BCUT2D eigenvalue weighted by Gasteiger charge is -2.29. The van der Waals surface area contributed by atoms with E-state index in [0.29, 0.717) is 5.92 Å². The molecule has 0 aromatic carbocycles. The highest BCUT2D eigenvalue weighted by Crippen LogP contribution is 2.18. The molecule has 0 amide bonds. The maximum absolute atomic E-state index is 4.78. The van der Waals surface area contributed by atoms with Crippen LogP contribution in [-0.4, -0.2) is 50.6 Å². The topological polar surface area (TPSA) is 39.7 Å². The molecule has 1 saturated heterocycles. The number of hydrogen-bond acceptors (Lipinski definition) is 3. The third kappa shape index (κ3) is 9.24. The minimum absolute atomic E-state index is 0. The molecule has 2 rings (SSSR count). The minimum atomic E-state index is 0. The third-order valence-corrected chi connectivity index (χ3v) is 5.62. The lowest BCUT2D eigenvalue weighted by atomic mass is 9.94. The summed E-state index contributed by atoms with van der Waals surface area (Å²) in [5.41, 5.74) is 0. The maximum atomic E-state index is 4.78. The predicted octanol–water partition coefficient (Wildman–Crippen LogP) is 3.83. The Hall–Kier alpha value is -0.340. The molecule has 1 aromatic rings. The van der Waals surface area contributed by atoms with Gasteiger partial charge in [0.25, 0.3) is 0 Å². The Bertz CT molecular complexity index is 470. The van der Waals surface area contributed by atoms with Gasteiger partial charge < -0.3 is 15.5 Å². The number of piperidine rings is 1. The Balaban J connectivity index is 0.00000312. The SMILES string of the molecule is CCNC(=NCC(C)Cc1cccs1)NCCC1CCN(C)CC1.I. The fourth-order valence-electron chi connectivity index (χ4n) is 3.17. The zero-order chi connectivity index (χ0) is 17.2. The number of hydrogen-bond donors (Lipinski definition) is 2. The van der Waals surface area contributed by atoms with Crippen LogP contribution in [0.2, 0.25) is 0 Å². The Kier molecular flexibility index (Phi) is 11.7. The average molecular weight is 478 g/mol. The van der Waals surface area contributed by atoms with Gasteiger partial charge in [0.2, 0.25) is 0 Å². The molecule has 2 heterocycles. The van der Waals surface area contributed by atoms with Crippen molar-refractivity contribution in [1.82, 2.24) is 15.5 Å². The normalized spacial score (nSPS) is 17.8. The van der Waals surface area contributed by atoms with E-state index >= 15 is 0 Å². The van der Waals surface area contributed by atoms with Crippen LogP contribution in [0.3, 0.4) is 0 Å². The van der Waals surface area contributed by atoms with Crippen molar-refractivity contribution in [1.29, 1.82) is 0 Å². The van der Waals surface area contributed by atoms with Crippen molar-refractivity contribution in [3.63, 3.8) is 0 Å². The molecule has 0 bridgehead atoms. The van der Waals surface area contributed by atoms with Crippen LogP contribution in [0.4, 0.5) is 0 Å². The van der Waals surface area contributed by atoms with Crippen LogP contribution >= 0.6 is 35.3 Å². The number of thiophene rings is 1. The summed E-state index contributed by atoms with van der Waals surface area (Å²) in [7, 11) is 2.22. The van der Waals surface area contributed by atoms with Gasteiger partial charge in [-0.1, -0.05) is 13.0 Å². The van der Waals surface area contributed by atoms with Crippen molar-refractivity contribution in [2.75, 3.05) is 39.8 Å². The smallest absolute Gasteiger partial charge is 0.191 e. The van der Waals surface area contributed by atoms with Gasteiger partial charge in [-0.25, -0.2) is 0 Å². The first-order valence-corrected chi connectivity index (χ1v) is 10.3. The molecule has 1 fully saturated rings. The molecule has 0 spiro atoms. The predicted molar refractivity (Wildman–Crippen MR) is 121 cm³/mol. The fraction of sp³-hybridized carbons (Fsp3) is 0.737. The van der Waals surface area contributed by atoms with Gasteiger partial charge in [0.15, 0.2) is 5.96 Å². The van der Waals surface area contributed by atoms with Crippen LogP contribution in [0.15, 0.2) is 22.5 Å². The molecule has 0 saturated carbocycles. The highest BCUT2D eigenvalue weighted by atomic mass is 127. The highest BCUT2D eigenvalue weighted by molar-refractivity contribution is 14.0. The average Bonchev–Trinajstić information content (AvgIpc) is 3.07. The monoisotopic (exact) mass is 478 g/mol. The minimum Gasteiger partial charge on any atom is -0.357 e. The van der Waals surface area contributed by atoms with Crippen LogP contribution in [0.1, 0.15) is 38.0 Å². The second-order valence-electron chi connectivity index (χ2n) is 7.07. The second-order valence-corrected chi connectivity index (χ2v) is 8.10. The number of aliphatic imine (C=N–C) groups is 1. The summed E-state index contributed by atoms with van der Waals surface area (Å²) in [6, 6.07) is 4.35. The van der Waals surface area contributed by atoms with E-state index < -0.39 is 0 Å². The van der Waals surface area contributed by atoms with E-state index in [1.165, 1.54) is 37.2 Å². The first kappa shape index (κ1) is 22.7. The number of guanidine groups is 1. The summed E-state index contributed by atoms with van der Waals surface area (Å²) in [6.07, 6.45) is 5.05. The van der Waals surface area contributed by atoms with E-state index in [-0.39, 0.29) is 24.0 Å². The first-order chi connectivity index (χ1) is 11.7. The summed E-state index contributed by atoms with van der Waals surface area (Å²) < 4.78 is 0. The molecule has 0 radical (unpaired) electrons. The van der Waals surface area contributed by atoms with Gasteiger partial charge in [0.05, 0.1) is 0 Å². The zero-order valence-corrected chi connectivity index (χ0v) is 19.1. The molecule has 0 aliphatic carbocycles. The summed E-state index contributed by atoms with van der Waals surface area (Å²) in [6.45, 7) is 9.73. The van der Waals surface area contributed by atoms with E-state index in [1.807, 2.05) is 11.3 Å². The zero-order valence-electron chi connectivity index (χ0n) is 16.0. The van der Waals surface area contributed by atoms with Gasteiger partial charge in [-0.3, -0.25) is 4.99 Å². The van der Waals surface area contributed by atoms with E-state index in [4.69, 9.17) is 4.99 Å². The molecule has 144 valence electrons. The Labute approximate surface area is 174 Å². The third-order valence-electron chi connectivity index (χ3n) is 4.72. The standard InChI is InChI=1S/C19H34N4S.HI/c1-4-20-19(21-10-7-17-8-11-23(3)12-9-17)22-15-16(2)14-18-6-5-13-24-18;/h5-6,13,16-17H,4,7-12,14-15H2,1-3H3,(H2,20,21,22);1H. The van der Waals surface area contributed by atoms with Gasteiger partial charge in [-0.15, -0.1) is 35.3 Å². The van der Waals surface area contributed by atoms with E-state index in [9.17, 15) is 0 Å². The second kappa shape index (κ2) is 12.9. The van der Waals surface area contributed by atoms with Crippen molar-refractivity contribution in [3.8, 4) is 0 Å². The molecular weight excluding hydrogens is 443 g/mol. The van der Waals surface area contributed by atoms with Gasteiger partial charge in [0.1, 0.15) is 0 Å². The molecule has 1 unspecified atom stereocenters. The molecule has 25 heavy (non-hydrogen) atoms. The quantitative estimate of drug-likeness (QED) is 0.339. The largest absolute Gasteiger partial charge is 0.357 e. The van der Waals surface area contributed by atoms with Crippen molar-refractivity contribution in [2.24, 2.45) is 16.8 Å². The summed E-state index contributed by atoms with van der Waals surface area (Å²) >= 11 is 1.84. The molecule has 6 heteroatoms. The molecule has 4 nitrogen and oxygen atoms in total. The van der Waals surface area contributed by atoms with Crippen LogP contribution in [0.5, 0.6) is 0 Å². The van der Waals surface area contributed by atoms with E-state index in [1.54, 1.807) is 0 Å². The molecule has 1 aliphatic heterocycles. The molecular formula is C19H35IN4S. The Morgan fingerprint density at radius 2 is 2.12 bits per heavy atom. The lowest BCUT2D eigenvalue weighted by Crippen LogP contribution is -2.39. The van der Waals surface area contributed by atoms with E-state index in [2.05, 4.69) is 53.9 Å². The number of nitrogens with one attached hydrogen (secondary N) is 2. The molecule has 1 aromatic heterocycles. The van der Waals surface area contributed by atoms with Crippen LogP contribution < -0.4 is 10.6 Å². The maximum Gasteiger partial charge on any atom is 0.191 e. The summed E-state index contributed by atoms with van der Waals surface area (Å²) in [5.74, 6) is 2.42. The highest BCUT2D eigenvalue weighted by Gasteiger charge is 2.16. The Morgan fingerprint density at radius 3 is 2.76 bits per heavy atom. The van der Waals surface area contributed by atoms with Crippen LogP contribution in [-0.2, 0) is 6.42 Å². The van der Waals surface area contributed by atoms with Crippen molar-refractivity contribution >= 4 is 41.3 Å². The number of halogens is 1. The van der Waals surface area contributed by atoms with Crippen molar-refractivity contribution in [2.45, 2.75) is 39.5 Å². The number of likely N-dealkylation sites (tertiary alicyclic amines) is 1. The molecule has 2 N–H and O–H groups in total. The van der Waals surface area contributed by atoms with Crippen LogP contribution in [0, 0.1) is 11.8 Å². The van der Waals surface area contributed by atoms with Gasteiger partial charge in [-0.2, -0.15) is 0 Å². The number of rotatable bonds is 8. The lowest BCUT2D eigenvalue weighted by molar-refractivity contribution is 0.213. The fourth-order valence-corrected chi connectivity index (χ4v) is 4.04. The van der Waals surface area contributed by atoms with Gasteiger partial charge in [0, 0.05) is 24.5 Å². The number of nitrogens with zero attached hydrogens (tertiary/aromatic N) is 2. The Morgan fingerprint density at radius 1 is 1.36 bits per heavy atom. The first-order valence-electron chi connectivity index (χ1n) is 9.40.